The number of hydrogen-bond donors (Lipinski definition) is 1. The molecule has 1 N–H and O–H groups in total. The topological polar surface area (TPSA) is 62.6 Å². The van der Waals surface area contributed by atoms with Crippen LogP contribution in [-0.4, -0.2) is 30.8 Å². The maximum absolute atomic E-state index is 12.0. The SMILES string of the molecule is CN(C)C(=O)c1ccc(CNC(=O)/C=C/c2cc3ccccc3o2)cc1. The highest BCUT2D eigenvalue weighted by atomic mass is 16.3. The van der Waals surface area contributed by atoms with E-state index in [2.05, 4.69) is 5.32 Å². The Morgan fingerprint density at radius 2 is 1.81 bits per heavy atom. The summed E-state index contributed by atoms with van der Waals surface area (Å²) in [6, 6.07) is 16.8. The van der Waals surface area contributed by atoms with Crippen molar-refractivity contribution >= 4 is 28.9 Å². The molecule has 3 rings (SSSR count). The van der Waals surface area contributed by atoms with Crippen LogP contribution in [0.25, 0.3) is 17.0 Å². The highest BCUT2D eigenvalue weighted by Crippen LogP contribution is 2.19. The highest BCUT2D eigenvalue weighted by Gasteiger charge is 2.07. The molecule has 0 saturated heterocycles. The van der Waals surface area contributed by atoms with Crippen LogP contribution in [0.3, 0.4) is 0 Å². The lowest BCUT2D eigenvalue weighted by Gasteiger charge is -2.10. The molecule has 0 aliphatic carbocycles. The van der Waals surface area contributed by atoms with Crippen LogP contribution in [0.2, 0.25) is 0 Å². The van der Waals surface area contributed by atoms with E-state index >= 15 is 0 Å². The Morgan fingerprint density at radius 3 is 2.50 bits per heavy atom. The van der Waals surface area contributed by atoms with Gasteiger partial charge in [0.15, 0.2) is 0 Å². The van der Waals surface area contributed by atoms with Gasteiger partial charge in [0.25, 0.3) is 5.91 Å². The number of benzene rings is 2. The van der Waals surface area contributed by atoms with E-state index in [1.54, 1.807) is 32.3 Å². The summed E-state index contributed by atoms with van der Waals surface area (Å²) in [6.07, 6.45) is 3.09. The number of fused-ring (bicyclic) bond motifs is 1. The summed E-state index contributed by atoms with van der Waals surface area (Å²) in [6.45, 7) is 0.389. The van der Waals surface area contributed by atoms with Crippen molar-refractivity contribution in [3.05, 3.63) is 77.6 Å². The molecular formula is C21H20N2O3. The summed E-state index contributed by atoms with van der Waals surface area (Å²) in [4.78, 5) is 25.3. The van der Waals surface area contributed by atoms with Crippen LogP contribution < -0.4 is 5.32 Å². The molecule has 0 aliphatic heterocycles. The normalized spacial score (nSPS) is 11.0. The van der Waals surface area contributed by atoms with Crippen molar-refractivity contribution in [1.82, 2.24) is 10.2 Å². The molecule has 3 aromatic rings. The van der Waals surface area contributed by atoms with Crippen LogP contribution in [-0.2, 0) is 11.3 Å². The number of hydrogen-bond acceptors (Lipinski definition) is 3. The van der Waals surface area contributed by atoms with E-state index in [4.69, 9.17) is 4.42 Å². The minimum absolute atomic E-state index is 0.0469. The molecule has 0 bridgehead atoms. The molecule has 1 aromatic heterocycles. The van der Waals surface area contributed by atoms with E-state index < -0.39 is 0 Å². The van der Waals surface area contributed by atoms with E-state index in [9.17, 15) is 9.59 Å². The molecule has 0 radical (unpaired) electrons. The van der Waals surface area contributed by atoms with Crippen LogP contribution >= 0.6 is 0 Å². The van der Waals surface area contributed by atoms with E-state index in [-0.39, 0.29) is 11.8 Å². The van der Waals surface area contributed by atoms with E-state index in [1.807, 2.05) is 42.5 Å². The molecule has 132 valence electrons. The van der Waals surface area contributed by atoms with Crippen molar-refractivity contribution in [1.29, 1.82) is 0 Å². The third-order valence-corrected chi connectivity index (χ3v) is 3.92. The number of carbonyl (C=O) groups excluding carboxylic acids is 2. The van der Waals surface area contributed by atoms with Gasteiger partial charge < -0.3 is 14.6 Å². The fraction of sp³-hybridized carbons (Fsp3) is 0.143. The van der Waals surface area contributed by atoms with Crippen LogP contribution in [0.4, 0.5) is 0 Å². The van der Waals surface area contributed by atoms with Gasteiger partial charge in [-0.05, 0) is 35.9 Å². The third-order valence-electron chi connectivity index (χ3n) is 3.92. The monoisotopic (exact) mass is 348 g/mol. The molecule has 2 aromatic carbocycles. The Balaban J connectivity index is 1.56. The van der Waals surface area contributed by atoms with Gasteiger partial charge in [0.05, 0.1) is 0 Å². The lowest BCUT2D eigenvalue weighted by Crippen LogP contribution is -2.22. The molecule has 0 unspecified atom stereocenters. The fourth-order valence-corrected chi connectivity index (χ4v) is 2.51. The van der Waals surface area contributed by atoms with Gasteiger partial charge in [0.1, 0.15) is 11.3 Å². The van der Waals surface area contributed by atoms with Crippen molar-refractivity contribution in [2.24, 2.45) is 0 Å². The van der Waals surface area contributed by atoms with Gasteiger partial charge in [-0.15, -0.1) is 0 Å². The second-order valence-electron chi connectivity index (χ2n) is 6.13. The summed E-state index contributed by atoms with van der Waals surface area (Å²) in [5.74, 6) is 0.376. The Labute approximate surface area is 151 Å². The molecule has 1 heterocycles. The van der Waals surface area contributed by atoms with Crippen LogP contribution in [0.1, 0.15) is 21.7 Å². The molecule has 0 aliphatic rings. The van der Waals surface area contributed by atoms with Crippen molar-refractivity contribution in [2.45, 2.75) is 6.54 Å². The number of carbonyl (C=O) groups is 2. The molecule has 26 heavy (non-hydrogen) atoms. The van der Waals surface area contributed by atoms with Gasteiger partial charge in [-0.25, -0.2) is 0 Å². The quantitative estimate of drug-likeness (QED) is 0.718. The molecule has 5 nitrogen and oxygen atoms in total. The van der Waals surface area contributed by atoms with Gasteiger partial charge in [0, 0.05) is 37.7 Å². The Hall–Kier alpha value is -3.34. The van der Waals surface area contributed by atoms with Crippen molar-refractivity contribution in [3.8, 4) is 0 Å². The van der Waals surface area contributed by atoms with E-state index in [0.29, 0.717) is 17.9 Å². The Kier molecular flexibility index (Phi) is 5.17. The van der Waals surface area contributed by atoms with Gasteiger partial charge in [0.2, 0.25) is 5.91 Å². The van der Waals surface area contributed by atoms with Crippen molar-refractivity contribution in [2.75, 3.05) is 14.1 Å². The molecular weight excluding hydrogens is 328 g/mol. The zero-order valence-corrected chi connectivity index (χ0v) is 14.7. The van der Waals surface area contributed by atoms with Crippen LogP contribution in [0.5, 0.6) is 0 Å². The number of para-hydroxylation sites is 1. The second kappa shape index (κ2) is 7.70. The molecule has 0 spiro atoms. The summed E-state index contributed by atoms with van der Waals surface area (Å²) >= 11 is 0. The number of nitrogens with zero attached hydrogens (tertiary/aromatic N) is 1. The number of furan rings is 1. The predicted octanol–water partition coefficient (Wildman–Crippen LogP) is 3.46. The number of amides is 2. The summed E-state index contributed by atoms with van der Waals surface area (Å²) in [7, 11) is 3.43. The average Bonchev–Trinajstić information content (AvgIpc) is 3.07. The Morgan fingerprint density at radius 1 is 1.08 bits per heavy atom. The largest absolute Gasteiger partial charge is 0.457 e. The van der Waals surface area contributed by atoms with Gasteiger partial charge in [-0.3, -0.25) is 9.59 Å². The average molecular weight is 348 g/mol. The first-order chi connectivity index (χ1) is 12.5. The lowest BCUT2D eigenvalue weighted by molar-refractivity contribution is -0.116. The highest BCUT2D eigenvalue weighted by molar-refractivity contribution is 5.94. The zero-order chi connectivity index (χ0) is 18.5. The summed E-state index contributed by atoms with van der Waals surface area (Å²) < 4.78 is 5.63. The Bertz CT molecular complexity index is 920. The third kappa shape index (κ3) is 4.19. The summed E-state index contributed by atoms with van der Waals surface area (Å²) in [5.41, 5.74) is 2.33. The maximum atomic E-state index is 12.0. The van der Waals surface area contributed by atoms with Crippen LogP contribution in [0.15, 0.2) is 65.1 Å². The standard InChI is InChI=1S/C21H20N2O3/c1-23(2)21(25)16-9-7-15(8-10-16)14-22-20(24)12-11-18-13-17-5-3-4-6-19(17)26-18/h3-13H,14H2,1-2H3,(H,22,24)/b12-11+. The van der Waals surface area contributed by atoms with E-state index in [0.717, 1.165) is 16.5 Å². The zero-order valence-electron chi connectivity index (χ0n) is 14.7. The maximum Gasteiger partial charge on any atom is 0.253 e. The molecule has 2 amide bonds. The lowest BCUT2D eigenvalue weighted by atomic mass is 10.1. The first-order valence-electron chi connectivity index (χ1n) is 8.28. The summed E-state index contributed by atoms with van der Waals surface area (Å²) in [5, 5.41) is 3.81. The van der Waals surface area contributed by atoms with Crippen molar-refractivity contribution in [3.63, 3.8) is 0 Å². The minimum Gasteiger partial charge on any atom is -0.457 e. The van der Waals surface area contributed by atoms with Gasteiger partial charge in [-0.2, -0.15) is 0 Å². The first-order valence-corrected chi connectivity index (χ1v) is 8.28. The smallest absolute Gasteiger partial charge is 0.253 e. The molecule has 0 fully saturated rings. The molecule has 0 atom stereocenters. The second-order valence-corrected chi connectivity index (χ2v) is 6.13. The van der Waals surface area contributed by atoms with E-state index in [1.165, 1.54) is 11.0 Å². The van der Waals surface area contributed by atoms with Crippen molar-refractivity contribution < 1.29 is 14.0 Å². The van der Waals surface area contributed by atoms with Gasteiger partial charge in [-0.1, -0.05) is 30.3 Å². The predicted molar refractivity (Wildman–Crippen MR) is 102 cm³/mol. The number of nitrogens with one attached hydrogen (secondary N) is 1. The van der Waals surface area contributed by atoms with Gasteiger partial charge >= 0.3 is 0 Å². The molecule has 0 saturated carbocycles. The fourth-order valence-electron chi connectivity index (χ4n) is 2.51. The molecule has 5 heteroatoms. The van der Waals surface area contributed by atoms with Crippen LogP contribution in [0, 0.1) is 0 Å². The first kappa shape index (κ1) is 17.5. The minimum atomic E-state index is -0.209. The number of rotatable bonds is 5.